The van der Waals surface area contributed by atoms with Crippen molar-refractivity contribution in [2.45, 2.75) is 13.3 Å². The number of aryl methyl sites for hydroxylation is 1. The fraction of sp³-hybridized carbons (Fsp3) is 0.238. The van der Waals surface area contributed by atoms with E-state index >= 15 is 0 Å². The van der Waals surface area contributed by atoms with Crippen molar-refractivity contribution in [2.24, 2.45) is 0 Å². The standard InChI is InChI=1S/C21H23ClN4O2/c1-14-12-20(25-17-13-16(22)8-9-19(17)28-3)26-21(24-14)23-11-10-15-6-4-5-7-18(15)27-2/h4-9,12-13H,10-11H2,1-3H3,(H2,23,24,25,26). The van der Waals surface area contributed by atoms with Gasteiger partial charge in [0, 0.05) is 23.3 Å². The molecule has 0 aliphatic heterocycles. The van der Waals surface area contributed by atoms with E-state index in [4.69, 9.17) is 21.1 Å². The van der Waals surface area contributed by atoms with Crippen LogP contribution < -0.4 is 20.1 Å². The minimum atomic E-state index is 0.554. The van der Waals surface area contributed by atoms with E-state index in [0.29, 0.717) is 29.1 Å². The van der Waals surface area contributed by atoms with Crippen molar-refractivity contribution in [1.29, 1.82) is 0 Å². The lowest BCUT2D eigenvalue weighted by Crippen LogP contribution is -2.10. The van der Waals surface area contributed by atoms with Gasteiger partial charge in [0.25, 0.3) is 0 Å². The van der Waals surface area contributed by atoms with Gasteiger partial charge in [0.1, 0.15) is 17.3 Å². The molecule has 3 aromatic rings. The molecule has 1 aromatic heterocycles. The van der Waals surface area contributed by atoms with Crippen molar-refractivity contribution in [2.75, 3.05) is 31.4 Å². The zero-order valence-electron chi connectivity index (χ0n) is 16.1. The largest absolute Gasteiger partial charge is 0.496 e. The summed E-state index contributed by atoms with van der Waals surface area (Å²) in [5, 5.41) is 7.14. The average Bonchev–Trinajstić information content (AvgIpc) is 2.68. The molecule has 0 bridgehead atoms. The van der Waals surface area contributed by atoms with Gasteiger partial charge in [0.2, 0.25) is 5.95 Å². The summed E-state index contributed by atoms with van der Waals surface area (Å²) in [6.45, 7) is 2.61. The van der Waals surface area contributed by atoms with Crippen LogP contribution in [0.25, 0.3) is 0 Å². The van der Waals surface area contributed by atoms with Crippen molar-refractivity contribution in [3.8, 4) is 11.5 Å². The van der Waals surface area contributed by atoms with E-state index in [1.165, 1.54) is 0 Å². The van der Waals surface area contributed by atoms with Crippen LogP contribution in [0.2, 0.25) is 5.02 Å². The van der Waals surface area contributed by atoms with Crippen molar-refractivity contribution in [3.63, 3.8) is 0 Å². The molecule has 7 heteroatoms. The molecule has 0 spiro atoms. The zero-order valence-corrected chi connectivity index (χ0v) is 16.9. The van der Waals surface area contributed by atoms with Crippen LogP contribution in [0.1, 0.15) is 11.3 Å². The molecule has 2 N–H and O–H groups in total. The predicted octanol–water partition coefficient (Wildman–Crippen LogP) is 4.85. The van der Waals surface area contributed by atoms with E-state index in [2.05, 4.69) is 26.7 Å². The maximum absolute atomic E-state index is 6.10. The van der Waals surface area contributed by atoms with E-state index in [1.807, 2.05) is 37.3 Å². The molecular weight excluding hydrogens is 376 g/mol. The first-order valence-corrected chi connectivity index (χ1v) is 9.29. The molecule has 0 aliphatic carbocycles. The van der Waals surface area contributed by atoms with Crippen LogP contribution in [0.3, 0.4) is 0 Å². The Morgan fingerprint density at radius 2 is 1.75 bits per heavy atom. The number of hydrogen-bond donors (Lipinski definition) is 2. The number of para-hydroxylation sites is 1. The lowest BCUT2D eigenvalue weighted by Gasteiger charge is -2.13. The molecule has 2 aromatic carbocycles. The zero-order chi connectivity index (χ0) is 19.9. The number of hydrogen-bond acceptors (Lipinski definition) is 6. The molecule has 0 aliphatic rings. The Hall–Kier alpha value is -2.99. The molecule has 6 nitrogen and oxygen atoms in total. The smallest absolute Gasteiger partial charge is 0.224 e. The summed E-state index contributed by atoms with van der Waals surface area (Å²) < 4.78 is 10.8. The molecule has 0 saturated carbocycles. The van der Waals surface area contributed by atoms with Crippen molar-refractivity contribution < 1.29 is 9.47 Å². The highest BCUT2D eigenvalue weighted by Crippen LogP contribution is 2.30. The number of halogens is 1. The first kappa shape index (κ1) is 19.8. The quantitative estimate of drug-likeness (QED) is 0.565. The molecular formula is C21H23ClN4O2. The number of anilines is 3. The summed E-state index contributed by atoms with van der Waals surface area (Å²) in [6.07, 6.45) is 0.798. The Morgan fingerprint density at radius 3 is 2.54 bits per heavy atom. The molecule has 0 saturated heterocycles. The van der Waals surface area contributed by atoms with Crippen LogP contribution in [0.15, 0.2) is 48.5 Å². The molecule has 0 fully saturated rings. The normalized spacial score (nSPS) is 10.4. The first-order valence-electron chi connectivity index (χ1n) is 8.91. The lowest BCUT2D eigenvalue weighted by molar-refractivity contribution is 0.410. The highest BCUT2D eigenvalue weighted by atomic mass is 35.5. The highest BCUT2D eigenvalue weighted by Gasteiger charge is 2.08. The van der Waals surface area contributed by atoms with E-state index in [1.54, 1.807) is 26.4 Å². The van der Waals surface area contributed by atoms with Gasteiger partial charge in [-0.2, -0.15) is 4.98 Å². The van der Waals surface area contributed by atoms with Gasteiger partial charge in [-0.25, -0.2) is 4.98 Å². The van der Waals surface area contributed by atoms with Crippen molar-refractivity contribution in [3.05, 3.63) is 64.8 Å². The Bertz CT molecular complexity index is 949. The van der Waals surface area contributed by atoms with Crippen molar-refractivity contribution >= 4 is 29.1 Å². The second-order valence-electron chi connectivity index (χ2n) is 6.18. The van der Waals surface area contributed by atoms with Gasteiger partial charge in [-0.3, -0.25) is 0 Å². The third-order valence-electron chi connectivity index (χ3n) is 4.15. The Kier molecular flexibility index (Phi) is 6.55. The van der Waals surface area contributed by atoms with Crippen LogP contribution in [0, 0.1) is 6.92 Å². The summed E-state index contributed by atoms with van der Waals surface area (Å²) in [5.41, 5.74) is 2.72. The fourth-order valence-corrected chi connectivity index (χ4v) is 3.02. The summed E-state index contributed by atoms with van der Waals surface area (Å²) in [4.78, 5) is 9.00. The molecule has 0 amide bonds. The van der Waals surface area contributed by atoms with Gasteiger partial charge < -0.3 is 20.1 Å². The number of rotatable bonds is 8. The SMILES string of the molecule is COc1ccccc1CCNc1nc(C)cc(Nc2cc(Cl)ccc2OC)n1. The Balaban J connectivity index is 1.70. The van der Waals surface area contributed by atoms with Gasteiger partial charge in [0.15, 0.2) is 0 Å². The summed E-state index contributed by atoms with van der Waals surface area (Å²) in [5.74, 6) is 2.78. The Labute approximate surface area is 169 Å². The molecule has 0 atom stereocenters. The minimum absolute atomic E-state index is 0.554. The molecule has 0 unspecified atom stereocenters. The van der Waals surface area contributed by atoms with Crippen LogP contribution in [-0.4, -0.2) is 30.7 Å². The second kappa shape index (κ2) is 9.28. The molecule has 146 valence electrons. The highest BCUT2D eigenvalue weighted by molar-refractivity contribution is 6.31. The maximum atomic E-state index is 6.10. The van der Waals surface area contributed by atoms with Gasteiger partial charge in [-0.05, 0) is 43.2 Å². The molecule has 3 rings (SSSR count). The number of ether oxygens (including phenoxy) is 2. The fourth-order valence-electron chi connectivity index (χ4n) is 2.85. The Morgan fingerprint density at radius 1 is 0.964 bits per heavy atom. The second-order valence-corrected chi connectivity index (χ2v) is 6.61. The monoisotopic (exact) mass is 398 g/mol. The molecule has 28 heavy (non-hydrogen) atoms. The molecule has 1 heterocycles. The summed E-state index contributed by atoms with van der Waals surface area (Å²) >= 11 is 6.10. The van der Waals surface area contributed by atoms with Gasteiger partial charge in [-0.15, -0.1) is 0 Å². The van der Waals surface area contributed by atoms with Crippen LogP contribution in [-0.2, 0) is 6.42 Å². The lowest BCUT2D eigenvalue weighted by atomic mass is 10.1. The van der Waals surface area contributed by atoms with E-state index in [-0.39, 0.29) is 0 Å². The van der Waals surface area contributed by atoms with Crippen LogP contribution in [0.4, 0.5) is 17.5 Å². The predicted molar refractivity (Wildman–Crippen MR) is 113 cm³/mol. The third-order valence-corrected chi connectivity index (χ3v) is 4.38. The number of nitrogens with zero attached hydrogens (tertiary/aromatic N) is 2. The molecule has 0 radical (unpaired) electrons. The third kappa shape index (κ3) is 5.04. The van der Waals surface area contributed by atoms with Crippen LogP contribution in [0.5, 0.6) is 11.5 Å². The summed E-state index contributed by atoms with van der Waals surface area (Å²) in [6, 6.07) is 15.2. The van der Waals surface area contributed by atoms with E-state index < -0.39 is 0 Å². The maximum Gasteiger partial charge on any atom is 0.224 e. The topological polar surface area (TPSA) is 68.3 Å². The van der Waals surface area contributed by atoms with Crippen LogP contribution >= 0.6 is 11.6 Å². The van der Waals surface area contributed by atoms with E-state index in [9.17, 15) is 0 Å². The first-order chi connectivity index (χ1) is 13.6. The minimum Gasteiger partial charge on any atom is -0.496 e. The van der Waals surface area contributed by atoms with Gasteiger partial charge >= 0.3 is 0 Å². The van der Waals surface area contributed by atoms with E-state index in [0.717, 1.165) is 29.1 Å². The number of nitrogens with one attached hydrogen (secondary N) is 2. The number of benzene rings is 2. The number of methoxy groups -OCH3 is 2. The van der Waals surface area contributed by atoms with Crippen molar-refractivity contribution in [1.82, 2.24) is 9.97 Å². The number of aromatic nitrogens is 2. The summed E-state index contributed by atoms with van der Waals surface area (Å²) in [7, 11) is 3.29. The van der Waals surface area contributed by atoms with Gasteiger partial charge in [-0.1, -0.05) is 29.8 Å². The van der Waals surface area contributed by atoms with Gasteiger partial charge in [0.05, 0.1) is 19.9 Å². The average molecular weight is 399 g/mol.